The molecule has 1 saturated heterocycles. The third-order valence-corrected chi connectivity index (χ3v) is 6.31. The van der Waals surface area contributed by atoms with Gasteiger partial charge in [0, 0.05) is 37.3 Å². The van der Waals surface area contributed by atoms with E-state index in [1.807, 2.05) is 36.1 Å². The smallest absolute Gasteiger partial charge is 0.257 e. The predicted molar refractivity (Wildman–Crippen MR) is 116 cm³/mol. The van der Waals surface area contributed by atoms with Crippen LogP contribution in [0.1, 0.15) is 52.0 Å². The predicted octanol–water partition coefficient (Wildman–Crippen LogP) is 4.20. The molecule has 1 aliphatic heterocycles. The summed E-state index contributed by atoms with van der Waals surface area (Å²) < 4.78 is 33.2. The first-order chi connectivity index (χ1) is 15.4. The van der Waals surface area contributed by atoms with Crippen molar-refractivity contribution < 1.29 is 23.1 Å². The van der Waals surface area contributed by atoms with Crippen molar-refractivity contribution in [3.8, 4) is 0 Å². The van der Waals surface area contributed by atoms with E-state index in [1.54, 1.807) is 0 Å². The van der Waals surface area contributed by atoms with Crippen LogP contribution in [0, 0.1) is 18.6 Å². The number of carbonyl (C=O) groups excluding carboxylic acids is 2. The minimum absolute atomic E-state index is 0.0338. The van der Waals surface area contributed by atoms with Gasteiger partial charge >= 0.3 is 0 Å². The highest BCUT2D eigenvalue weighted by atomic mass is 19.1. The highest BCUT2D eigenvalue weighted by Crippen LogP contribution is 2.26. The second-order valence-corrected chi connectivity index (χ2v) is 8.63. The normalized spacial score (nSPS) is 19.2. The average Bonchev–Trinajstić information content (AvgIpc) is 3.32. The molecular formula is C25H28F2N2O3. The van der Waals surface area contributed by atoms with Crippen LogP contribution in [0.4, 0.5) is 8.78 Å². The van der Waals surface area contributed by atoms with E-state index in [4.69, 9.17) is 4.74 Å². The summed E-state index contributed by atoms with van der Waals surface area (Å²) in [4.78, 5) is 29.6. The van der Waals surface area contributed by atoms with Crippen LogP contribution in [-0.2, 0) is 4.74 Å². The van der Waals surface area contributed by atoms with E-state index in [-0.39, 0.29) is 30.2 Å². The minimum Gasteiger partial charge on any atom is -0.373 e. The van der Waals surface area contributed by atoms with Crippen LogP contribution in [0.5, 0.6) is 0 Å². The molecule has 0 unspecified atom stereocenters. The number of morpholine rings is 1. The van der Waals surface area contributed by atoms with Gasteiger partial charge in [0.05, 0.1) is 18.3 Å². The maximum atomic E-state index is 14.1. The molecule has 0 bridgehead atoms. The Morgan fingerprint density at radius 2 is 1.81 bits per heavy atom. The van der Waals surface area contributed by atoms with Gasteiger partial charge in [0.2, 0.25) is 0 Å². The summed E-state index contributed by atoms with van der Waals surface area (Å²) in [6, 6.07) is 10.6. The largest absolute Gasteiger partial charge is 0.373 e. The Kier molecular flexibility index (Phi) is 6.84. The van der Waals surface area contributed by atoms with Crippen LogP contribution in [-0.4, -0.2) is 60.0 Å². The second-order valence-electron chi connectivity index (χ2n) is 8.63. The van der Waals surface area contributed by atoms with E-state index in [2.05, 4.69) is 0 Å². The number of ether oxygens (including phenoxy) is 1. The van der Waals surface area contributed by atoms with Gasteiger partial charge in [-0.05, 0) is 44.0 Å². The highest BCUT2D eigenvalue weighted by Gasteiger charge is 2.33. The summed E-state index contributed by atoms with van der Waals surface area (Å²) in [5.41, 5.74) is 1.57. The molecule has 4 rings (SSSR count). The standard InChI is InChI=1S/C25H28F2N2O3/c1-17-6-8-18(9-7-17)24(30)29(20-4-2-3-5-20)16-21-15-28(12-13-32-21)25(31)22-11-10-19(26)14-23(22)27/h6-11,14,20-21H,2-5,12-13,15-16H2,1H3/t21-/m1/s1. The second kappa shape index (κ2) is 9.77. The summed E-state index contributed by atoms with van der Waals surface area (Å²) in [7, 11) is 0. The number of nitrogens with zero attached hydrogens (tertiary/aromatic N) is 2. The molecule has 0 radical (unpaired) electrons. The number of benzene rings is 2. The van der Waals surface area contributed by atoms with Crippen LogP contribution >= 0.6 is 0 Å². The van der Waals surface area contributed by atoms with Gasteiger partial charge in [0.25, 0.3) is 11.8 Å². The summed E-state index contributed by atoms with van der Waals surface area (Å²) in [6.45, 7) is 3.22. The van der Waals surface area contributed by atoms with Crippen molar-refractivity contribution in [1.82, 2.24) is 9.80 Å². The van der Waals surface area contributed by atoms with Crippen molar-refractivity contribution in [1.29, 1.82) is 0 Å². The lowest BCUT2D eigenvalue weighted by Gasteiger charge is -2.38. The molecule has 2 aromatic carbocycles. The average molecular weight is 443 g/mol. The molecule has 170 valence electrons. The first-order valence-corrected chi connectivity index (χ1v) is 11.2. The Bertz CT molecular complexity index is 974. The molecule has 2 aliphatic rings. The third kappa shape index (κ3) is 4.99. The number of aryl methyl sites for hydroxylation is 1. The van der Waals surface area contributed by atoms with Gasteiger partial charge < -0.3 is 14.5 Å². The quantitative estimate of drug-likeness (QED) is 0.698. The Morgan fingerprint density at radius 1 is 1.09 bits per heavy atom. The van der Waals surface area contributed by atoms with E-state index in [9.17, 15) is 18.4 Å². The maximum Gasteiger partial charge on any atom is 0.257 e. The van der Waals surface area contributed by atoms with Crippen molar-refractivity contribution in [2.75, 3.05) is 26.2 Å². The van der Waals surface area contributed by atoms with Gasteiger partial charge in [0.1, 0.15) is 11.6 Å². The lowest BCUT2D eigenvalue weighted by atomic mass is 10.1. The fraction of sp³-hybridized carbons (Fsp3) is 0.440. The van der Waals surface area contributed by atoms with E-state index in [0.717, 1.165) is 37.3 Å². The SMILES string of the molecule is Cc1ccc(C(=O)N(C[C@H]2CN(C(=O)c3ccc(F)cc3F)CCO2)C2CCCC2)cc1. The number of rotatable bonds is 5. The van der Waals surface area contributed by atoms with Crippen LogP contribution in [0.15, 0.2) is 42.5 Å². The zero-order valence-electron chi connectivity index (χ0n) is 18.2. The summed E-state index contributed by atoms with van der Waals surface area (Å²) >= 11 is 0. The number of amides is 2. The van der Waals surface area contributed by atoms with E-state index >= 15 is 0 Å². The maximum absolute atomic E-state index is 14.1. The number of halogens is 2. The van der Waals surface area contributed by atoms with Crippen molar-refractivity contribution in [2.24, 2.45) is 0 Å². The molecule has 0 spiro atoms. The fourth-order valence-corrected chi connectivity index (χ4v) is 4.54. The topological polar surface area (TPSA) is 49.9 Å². The highest BCUT2D eigenvalue weighted by molar-refractivity contribution is 5.95. The molecule has 2 amide bonds. The summed E-state index contributed by atoms with van der Waals surface area (Å²) in [5, 5.41) is 0. The molecule has 2 aromatic rings. The molecule has 0 aromatic heterocycles. The van der Waals surface area contributed by atoms with Gasteiger partial charge in [-0.1, -0.05) is 30.5 Å². The Morgan fingerprint density at radius 3 is 2.50 bits per heavy atom. The molecule has 1 saturated carbocycles. The molecule has 2 fully saturated rings. The lowest BCUT2D eigenvalue weighted by Crippen LogP contribution is -2.52. The lowest BCUT2D eigenvalue weighted by molar-refractivity contribution is -0.0372. The molecule has 7 heteroatoms. The van der Waals surface area contributed by atoms with Crippen molar-refractivity contribution >= 4 is 11.8 Å². The van der Waals surface area contributed by atoms with Gasteiger partial charge in [-0.2, -0.15) is 0 Å². The Labute approximate surface area is 187 Å². The van der Waals surface area contributed by atoms with Crippen molar-refractivity contribution in [3.05, 3.63) is 70.8 Å². The molecule has 1 heterocycles. The number of carbonyl (C=O) groups is 2. The van der Waals surface area contributed by atoms with Crippen LogP contribution in [0.2, 0.25) is 0 Å². The van der Waals surface area contributed by atoms with Crippen LogP contribution in [0.25, 0.3) is 0 Å². The van der Waals surface area contributed by atoms with Gasteiger partial charge in [-0.15, -0.1) is 0 Å². The van der Waals surface area contributed by atoms with Gasteiger partial charge in [0.15, 0.2) is 0 Å². The fourth-order valence-electron chi connectivity index (χ4n) is 4.54. The molecular weight excluding hydrogens is 414 g/mol. The van der Waals surface area contributed by atoms with E-state index in [0.29, 0.717) is 31.3 Å². The zero-order valence-corrected chi connectivity index (χ0v) is 18.2. The summed E-state index contributed by atoms with van der Waals surface area (Å²) in [5.74, 6) is -2.12. The van der Waals surface area contributed by atoms with E-state index in [1.165, 1.54) is 11.0 Å². The van der Waals surface area contributed by atoms with Gasteiger partial charge in [-0.25, -0.2) is 8.78 Å². The minimum atomic E-state index is -0.875. The Hall–Kier alpha value is -2.80. The Balaban J connectivity index is 1.48. The number of hydrogen-bond acceptors (Lipinski definition) is 3. The molecule has 1 atom stereocenters. The van der Waals surface area contributed by atoms with Crippen molar-refractivity contribution in [2.45, 2.75) is 44.8 Å². The third-order valence-electron chi connectivity index (χ3n) is 6.31. The van der Waals surface area contributed by atoms with Crippen molar-refractivity contribution in [3.63, 3.8) is 0 Å². The number of hydrogen-bond donors (Lipinski definition) is 0. The first-order valence-electron chi connectivity index (χ1n) is 11.2. The molecule has 0 N–H and O–H groups in total. The van der Waals surface area contributed by atoms with Gasteiger partial charge in [-0.3, -0.25) is 9.59 Å². The molecule has 1 aliphatic carbocycles. The monoisotopic (exact) mass is 442 g/mol. The van der Waals surface area contributed by atoms with E-state index < -0.39 is 17.5 Å². The van der Waals surface area contributed by atoms with Crippen LogP contribution < -0.4 is 0 Å². The first kappa shape index (κ1) is 22.4. The summed E-state index contributed by atoms with van der Waals surface area (Å²) in [6.07, 6.45) is 3.71. The molecule has 32 heavy (non-hydrogen) atoms. The zero-order chi connectivity index (χ0) is 22.7. The molecule has 5 nitrogen and oxygen atoms in total. The van der Waals surface area contributed by atoms with Crippen LogP contribution in [0.3, 0.4) is 0 Å².